The molecule has 0 aliphatic heterocycles. The number of aliphatic hydroxyl groups is 6. The van der Waals surface area contributed by atoms with Crippen molar-refractivity contribution in [2.75, 3.05) is 6.61 Å². The van der Waals surface area contributed by atoms with Gasteiger partial charge in [0.25, 0.3) is 0 Å². The molecule has 0 spiro atoms. The molecule has 0 rings (SSSR count). The van der Waals surface area contributed by atoms with Crippen LogP contribution in [0.15, 0.2) is 0 Å². The van der Waals surface area contributed by atoms with Crippen LogP contribution in [0.3, 0.4) is 0 Å². The molecule has 0 amide bonds. The standard InChI is InChI=1S/C10H19NO8/c1-3(13)5(11)7(16)9(18)10(19)8(17)6(15)4(14)2-12/h3-6,8-9,12-15,17-18H,2,11H2,1H3/t3-,4-,5+,6-,8+,9?/m1/s1. The molecule has 112 valence electrons. The maximum absolute atomic E-state index is 11.5. The topological polar surface area (TPSA) is 182 Å². The highest BCUT2D eigenvalue weighted by Gasteiger charge is 2.38. The second-order valence-electron chi connectivity index (χ2n) is 4.16. The fourth-order valence-electron chi connectivity index (χ4n) is 1.21. The van der Waals surface area contributed by atoms with E-state index in [1.165, 1.54) is 6.92 Å². The molecule has 0 aromatic carbocycles. The Morgan fingerprint density at radius 2 is 1.53 bits per heavy atom. The summed E-state index contributed by atoms with van der Waals surface area (Å²) in [6.07, 6.45) is -9.82. The van der Waals surface area contributed by atoms with E-state index in [1.54, 1.807) is 0 Å². The molecule has 6 atom stereocenters. The third-order valence-corrected chi connectivity index (χ3v) is 2.58. The fraction of sp³-hybridized carbons (Fsp3) is 0.800. The third kappa shape index (κ3) is 4.58. The quantitative estimate of drug-likeness (QED) is 0.215. The van der Waals surface area contributed by atoms with Gasteiger partial charge in [0.15, 0.2) is 17.7 Å². The van der Waals surface area contributed by atoms with Gasteiger partial charge in [-0.15, -0.1) is 0 Å². The van der Waals surface area contributed by atoms with Crippen molar-refractivity contribution in [3.05, 3.63) is 0 Å². The van der Waals surface area contributed by atoms with Crippen molar-refractivity contribution in [2.24, 2.45) is 5.73 Å². The zero-order chi connectivity index (χ0) is 15.3. The van der Waals surface area contributed by atoms with Crippen molar-refractivity contribution < 1.29 is 40.2 Å². The molecule has 0 fully saturated rings. The van der Waals surface area contributed by atoms with E-state index in [0.29, 0.717) is 0 Å². The van der Waals surface area contributed by atoms with Crippen molar-refractivity contribution in [2.45, 2.75) is 43.5 Å². The van der Waals surface area contributed by atoms with Crippen LogP contribution in [-0.2, 0) is 9.59 Å². The van der Waals surface area contributed by atoms with Gasteiger partial charge >= 0.3 is 0 Å². The molecule has 9 nitrogen and oxygen atoms in total. The van der Waals surface area contributed by atoms with E-state index < -0.39 is 54.7 Å². The van der Waals surface area contributed by atoms with Gasteiger partial charge in [-0.1, -0.05) is 0 Å². The lowest BCUT2D eigenvalue weighted by molar-refractivity contribution is -0.154. The fourth-order valence-corrected chi connectivity index (χ4v) is 1.21. The molecular weight excluding hydrogens is 262 g/mol. The first-order valence-electron chi connectivity index (χ1n) is 5.49. The molecule has 0 saturated carbocycles. The molecule has 0 aliphatic rings. The van der Waals surface area contributed by atoms with E-state index in [0.717, 1.165) is 0 Å². The molecular formula is C10H19NO8. The van der Waals surface area contributed by atoms with Crippen LogP contribution in [0.2, 0.25) is 0 Å². The molecule has 1 unspecified atom stereocenters. The summed E-state index contributed by atoms with van der Waals surface area (Å²) in [6.45, 7) is 0.239. The Balaban J connectivity index is 4.77. The maximum Gasteiger partial charge on any atom is 0.200 e. The molecule has 0 aromatic rings. The van der Waals surface area contributed by atoms with Crippen LogP contribution in [0.25, 0.3) is 0 Å². The summed E-state index contributed by atoms with van der Waals surface area (Å²) in [4.78, 5) is 22.9. The van der Waals surface area contributed by atoms with Crippen LogP contribution in [0.4, 0.5) is 0 Å². The minimum atomic E-state index is -2.35. The monoisotopic (exact) mass is 281 g/mol. The predicted molar refractivity (Wildman–Crippen MR) is 60.8 cm³/mol. The summed E-state index contributed by atoms with van der Waals surface area (Å²) in [6, 6.07) is -1.54. The average Bonchev–Trinajstić information content (AvgIpc) is 2.40. The average molecular weight is 281 g/mol. The second-order valence-corrected chi connectivity index (χ2v) is 4.16. The summed E-state index contributed by atoms with van der Waals surface area (Å²) >= 11 is 0. The first kappa shape index (κ1) is 18.1. The molecule has 19 heavy (non-hydrogen) atoms. The van der Waals surface area contributed by atoms with E-state index in [-0.39, 0.29) is 0 Å². The van der Waals surface area contributed by atoms with E-state index in [4.69, 9.17) is 21.1 Å². The number of carbonyl (C=O) groups is 2. The van der Waals surface area contributed by atoms with Crippen LogP contribution in [0.5, 0.6) is 0 Å². The van der Waals surface area contributed by atoms with E-state index in [2.05, 4.69) is 0 Å². The lowest BCUT2D eigenvalue weighted by Crippen LogP contribution is -2.53. The highest BCUT2D eigenvalue weighted by molar-refractivity contribution is 6.09. The lowest BCUT2D eigenvalue weighted by Gasteiger charge is -2.23. The van der Waals surface area contributed by atoms with Gasteiger partial charge in [0, 0.05) is 0 Å². The summed E-state index contributed by atoms with van der Waals surface area (Å²) in [5, 5.41) is 54.6. The first-order valence-corrected chi connectivity index (χ1v) is 5.49. The summed E-state index contributed by atoms with van der Waals surface area (Å²) in [7, 11) is 0. The molecule has 0 heterocycles. The number of Topliss-reactive ketones (excluding diaryl/α,β-unsaturated/α-hetero) is 2. The number of rotatable bonds is 8. The largest absolute Gasteiger partial charge is 0.394 e. The maximum atomic E-state index is 11.5. The Labute approximate surface area is 108 Å². The Hall–Kier alpha value is -0.940. The van der Waals surface area contributed by atoms with Crippen molar-refractivity contribution in [1.82, 2.24) is 0 Å². The van der Waals surface area contributed by atoms with Gasteiger partial charge in [-0.25, -0.2) is 0 Å². The van der Waals surface area contributed by atoms with E-state index in [1.807, 2.05) is 0 Å². The van der Waals surface area contributed by atoms with Crippen molar-refractivity contribution in [1.29, 1.82) is 0 Å². The summed E-state index contributed by atoms with van der Waals surface area (Å²) < 4.78 is 0. The van der Waals surface area contributed by atoms with Gasteiger partial charge in [0.2, 0.25) is 0 Å². The lowest BCUT2D eigenvalue weighted by atomic mass is 9.95. The predicted octanol–water partition coefficient (Wildman–Crippen LogP) is -4.73. The van der Waals surface area contributed by atoms with Crippen molar-refractivity contribution >= 4 is 11.6 Å². The van der Waals surface area contributed by atoms with Crippen LogP contribution < -0.4 is 5.73 Å². The molecule has 0 radical (unpaired) electrons. The van der Waals surface area contributed by atoms with E-state index >= 15 is 0 Å². The number of hydrogen-bond acceptors (Lipinski definition) is 9. The minimum Gasteiger partial charge on any atom is -0.394 e. The van der Waals surface area contributed by atoms with Crippen molar-refractivity contribution in [3.63, 3.8) is 0 Å². The third-order valence-electron chi connectivity index (χ3n) is 2.58. The van der Waals surface area contributed by atoms with E-state index in [9.17, 15) is 24.9 Å². The van der Waals surface area contributed by atoms with Crippen LogP contribution in [0.1, 0.15) is 6.92 Å². The Morgan fingerprint density at radius 1 is 1.05 bits per heavy atom. The normalized spacial score (nSPS) is 21.1. The molecule has 0 aliphatic carbocycles. The number of aliphatic hydroxyl groups excluding tert-OH is 6. The van der Waals surface area contributed by atoms with Gasteiger partial charge in [-0.05, 0) is 6.92 Å². The minimum absolute atomic E-state index is 0.928. The number of nitrogens with two attached hydrogens (primary N) is 1. The molecule has 9 heteroatoms. The zero-order valence-electron chi connectivity index (χ0n) is 10.2. The molecule has 0 saturated heterocycles. The van der Waals surface area contributed by atoms with Crippen molar-refractivity contribution in [3.8, 4) is 0 Å². The van der Waals surface area contributed by atoms with Gasteiger partial charge in [0.05, 0.1) is 18.8 Å². The summed E-state index contributed by atoms with van der Waals surface area (Å²) in [5.74, 6) is -2.72. The Kier molecular flexibility index (Phi) is 7.23. The smallest absolute Gasteiger partial charge is 0.200 e. The second kappa shape index (κ2) is 7.60. The van der Waals surface area contributed by atoms with Crippen LogP contribution in [0, 0.1) is 0 Å². The SMILES string of the molecule is C[C@@H](O)[C@H](N)C(=O)C(O)C(=O)[C@@H](O)[C@H](O)[C@H](O)CO. The van der Waals surface area contributed by atoms with Gasteiger partial charge in [0.1, 0.15) is 18.3 Å². The zero-order valence-corrected chi connectivity index (χ0v) is 10.2. The molecule has 0 aromatic heterocycles. The van der Waals surface area contributed by atoms with Gasteiger partial charge in [-0.2, -0.15) is 0 Å². The Bertz CT molecular complexity index is 321. The molecule has 8 N–H and O–H groups in total. The highest BCUT2D eigenvalue weighted by atomic mass is 16.4. The van der Waals surface area contributed by atoms with Crippen LogP contribution in [-0.4, -0.2) is 85.4 Å². The molecule has 0 bridgehead atoms. The number of ketones is 2. The highest BCUT2D eigenvalue weighted by Crippen LogP contribution is 2.06. The van der Waals surface area contributed by atoms with Gasteiger partial charge < -0.3 is 36.4 Å². The Morgan fingerprint density at radius 3 is 1.89 bits per heavy atom. The summed E-state index contributed by atoms with van der Waals surface area (Å²) in [5.41, 5.74) is 5.22. The number of hydrogen-bond donors (Lipinski definition) is 7. The van der Waals surface area contributed by atoms with Gasteiger partial charge in [-0.3, -0.25) is 9.59 Å². The first-order chi connectivity index (χ1) is 8.64. The van der Waals surface area contributed by atoms with Crippen LogP contribution >= 0.6 is 0 Å². The number of carbonyl (C=O) groups excluding carboxylic acids is 2.